The number of rotatable bonds is 7. The summed E-state index contributed by atoms with van der Waals surface area (Å²) >= 11 is 1.39. The van der Waals surface area contributed by atoms with Crippen molar-refractivity contribution in [2.24, 2.45) is 5.92 Å². The normalized spacial score (nSPS) is 15.8. The van der Waals surface area contributed by atoms with Crippen LogP contribution in [-0.4, -0.2) is 50.8 Å². The molecule has 1 amide bonds. The van der Waals surface area contributed by atoms with Gasteiger partial charge in [-0.1, -0.05) is 6.92 Å². The Bertz CT molecular complexity index is 1190. The molecule has 1 N–H and O–H groups in total. The highest BCUT2D eigenvalue weighted by atomic mass is 32.1. The van der Waals surface area contributed by atoms with Crippen LogP contribution < -0.4 is 5.32 Å². The predicted octanol–water partition coefficient (Wildman–Crippen LogP) is 3.21. The average molecular weight is 484 g/mol. The van der Waals surface area contributed by atoms with E-state index < -0.39 is 23.9 Å². The number of fused-ring (bicyclic) bond motifs is 1. The number of nitrogens with zero attached hydrogens (tertiary/aromatic N) is 4. The highest BCUT2D eigenvalue weighted by Gasteiger charge is 2.30. The number of thiophene rings is 1. The lowest BCUT2D eigenvalue weighted by Gasteiger charge is -2.18. The quantitative estimate of drug-likeness (QED) is 0.508. The van der Waals surface area contributed by atoms with Crippen LogP contribution in [0.4, 0.5) is 5.00 Å². The molecule has 2 unspecified atom stereocenters. The van der Waals surface area contributed by atoms with Crippen LogP contribution in [0.1, 0.15) is 58.3 Å². The summed E-state index contributed by atoms with van der Waals surface area (Å²) in [5.41, 5.74) is 2.32. The van der Waals surface area contributed by atoms with E-state index in [0.29, 0.717) is 22.2 Å². The molecule has 2 aromatic heterocycles. The Morgan fingerprint density at radius 3 is 2.68 bits per heavy atom. The van der Waals surface area contributed by atoms with Crippen LogP contribution in [-0.2, 0) is 27.1 Å². The molecule has 0 aliphatic heterocycles. The molecule has 3 aromatic rings. The van der Waals surface area contributed by atoms with Gasteiger partial charge >= 0.3 is 11.9 Å². The fraction of sp³-hybridized carbons (Fsp3) is 0.391. The van der Waals surface area contributed by atoms with E-state index in [1.54, 1.807) is 31.2 Å². The average Bonchev–Trinajstić information content (AvgIpc) is 3.47. The van der Waals surface area contributed by atoms with Gasteiger partial charge in [-0.2, -0.15) is 0 Å². The number of carbonyl (C=O) groups is 3. The fourth-order valence-electron chi connectivity index (χ4n) is 3.78. The molecule has 1 aliphatic rings. The van der Waals surface area contributed by atoms with Crippen LogP contribution in [0.2, 0.25) is 0 Å². The van der Waals surface area contributed by atoms with E-state index in [4.69, 9.17) is 9.47 Å². The topological polar surface area (TPSA) is 125 Å². The van der Waals surface area contributed by atoms with Gasteiger partial charge in [0, 0.05) is 4.88 Å². The second kappa shape index (κ2) is 10.1. The first-order chi connectivity index (χ1) is 16.4. The van der Waals surface area contributed by atoms with Crippen molar-refractivity contribution in [3.05, 3.63) is 52.2 Å². The number of nitrogens with one attached hydrogen (secondary N) is 1. The molecule has 2 heterocycles. The Labute approximate surface area is 200 Å². The van der Waals surface area contributed by atoms with Gasteiger partial charge in [-0.25, -0.2) is 14.3 Å². The molecule has 34 heavy (non-hydrogen) atoms. The van der Waals surface area contributed by atoms with Crippen molar-refractivity contribution in [2.45, 2.75) is 46.1 Å². The van der Waals surface area contributed by atoms with Gasteiger partial charge in [0.25, 0.3) is 5.91 Å². The van der Waals surface area contributed by atoms with Crippen molar-refractivity contribution in [1.82, 2.24) is 20.2 Å². The number of hydrogen-bond acceptors (Lipinski definition) is 9. The zero-order chi connectivity index (χ0) is 24.2. The number of carbonyl (C=O) groups excluding carboxylic acids is 3. The van der Waals surface area contributed by atoms with Gasteiger partial charge in [0.15, 0.2) is 6.10 Å². The SMILES string of the molecule is CCOC(=O)c1c(NC(=O)C(C)OC(=O)c2ccc(-n3cnnn3)cc2)sc2c1CCC(C)C2. The first kappa shape index (κ1) is 23.6. The molecule has 0 radical (unpaired) electrons. The van der Waals surface area contributed by atoms with E-state index >= 15 is 0 Å². The summed E-state index contributed by atoms with van der Waals surface area (Å²) in [6, 6.07) is 6.47. The maximum Gasteiger partial charge on any atom is 0.341 e. The number of benzene rings is 1. The number of anilines is 1. The molecule has 0 bridgehead atoms. The summed E-state index contributed by atoms with van der Waals surface area (Å²) < 4.78 is 12.0. The van der Waals surface area contributed by atoms with Crippen LogP contribution in [0.5, 0.6) is 0 Å². The summed E-state index contributed by atoms with van der Waals surface area (Å²) in [5, 5.41) is 14.1. The first-order valence-electron chi connectivity index (χ1n) is 11.0. The van der Waals surface area contributed by atoms with E-state index in [9.17, 15) is 14.4 Å². The van der Waals surface area contributed by atoms with Crippen LogP contribution in [0.25, 0.3) is 5.69 Å². The number of esters is 2. The van der Waals surface area contributed by atoms with Gasteiger partial charge < -0.3 is 14.8 Å². The lowest BCUT2D eigenvalue weighted by molar-refractivity contribution is -0.123. The molecule has 4 rings (SSSR count). The Balaban J connectivity index is 1.45. The van der Waals surface area contributed by atoms with Crippen molar-refractivity contribution in [1.29, 1.82) is 0 Å². The minimum Gasteiger partial charge on any atom is -0.462 e. The van der Waals surface area contributed by atoms with Gasteiger partial charge in [0.2, 0.25) is 0 Å². The highest BCUT2D eigenvalue weighted by Crippen LogP contribution is 2.40. The van der Waals surface area contributed by atoms with Crippen molar-refractivity contribution >= 4 is 34.2 Å². The number of tetrazole rings is 1. The largest absolute Gasteiger partial charge is 0.462 e. The van der Waals surface area contributed by atoms with Crippen LogP contribution in [0, 0.1) is 5.92 Å². The van der Waals surface area contributed by atoms with E-state index in [1.165, 1.54) is 29.3 Å². The van der Waals surface area contributed by atoms with Gasteiger partial charge in [0.05, 0.1) is 23.4 Å². The fourth-order valence-corrected chi connectivity index (χ4v) is 5.19. The molecule has 178 valence electrons. The van der Waals surface area contributed by atoms with Crippen LogP contribution in [0.15, 0.2) is 30.6 Å². The van der Waals surface area contributed by atoms with Gasteiger partial charge in [-0.15, -0.1) is 16.4 Å². The van der Waals surface area contributed by atoms with Crippen molar-refractivity contribution in [3.8, 4) is 5.69 Å². The summed E-state index contributed by atoms with van der Waals surface area (Å²) in [5.74, 6) is -1.10. The lowest BCUT2D eigenvalue weighted by Crippen LogP contribution is -2.30. The summed E-state index contributed by atoms with van der Waals surface area (Å²) in [4.78, 5) is 39.1. The molecule has 0 saturated carbocycles. The van der Waals surface area contributed by atoms with E-state index in [0.717, 1.165) is 29.7 Å². The van der Waals surface area contributed by atoms with E-state index in [2.05, 4.69) is 27.8 Å². The molecule has 0 saturated heterocycles. The monoisotopic (exact) mass is 483 g/mol. The molecule has 0 spiro atoms. The third-order valence-electron chi connectivity index (χ3n) is 5.60. The minimum atomic E-state index is -1.07. The zero-order valence-corrected chi connectivity index (χ0v) is 19.9. The van der Waals surface area contributed by atoms with Crippen molar-refractivity contribution in [2.75, 3.05) is 11.9 Å². The maximum absolute atomic E-state index is 12.8. The first-order valence-corrected chi connectivity index (χ1v) is 11.9. The number of amides is 1. The van der Waals surface area contributed by atoms with Crippen LogP contribution in [0.3, 0.4) is 0 Å². The predicted molar refractivity (Wildman–Crippen MR) is 124 cm³/mol. The maximum atomic E-state index is 12.8. The smallest absolute Gasteiger partial charge is 0.341 e. The Kier molecular flexibility index (Phi) is 7.01. The van der Waals surface area contributed by atoms with Gasteiger partial charge in [-0.3, -0.25) is 4.79 Å². The summed E-state index contributed by atoms with van der Waals surface area (Å²) in [6.07, 6.45) is 2.96. The van der Waals surface area contributed by atoms with Crippen LogP contribution >= 0.6 is 11.3 Å². The Morgan fingerprint density at radius 2 is 2.00 bits per heavy atom. The highest BCUT2D eigenvalue weighted by molar-refractivity contribution is 7.17. The number of ether oxygens (including phenoxy) is 2. The molecule has 1 aromatic carbocycles. The number of aromatic nitrogens is 4. The van der Waals surface area contributed by atoms with E-state index in [-0.39, 0.29) is 12.2 Å². The molecule has 11 heteroatoms. The molecule has 0 fully saturated rings. The lowest BCUT2D eigenvalue weighted by atomic mass is 9.88. The summed E-state index contributed by atoms with van der Waals surface area (Å²) in [7, 11) is 0. The third kappa shape index (κ3) is 4.98. The standard InChI is InChI=1S/C23H25N5O5S/c1-4-32-23(31)19-17-10-5-13(2)11-18(17)34-21(19)25-20(29)14(3)33-22(30)15-6-8-16(9-7-15)28-12-24-26-27-28/h6-9,12-14H,4-5,10-11H2,1-3H3,(H,25,29). The van der Waals surface area contributed by atoms with E-state index in [1.807, 2.05) is 0 Å². The number of hydrogen-bond donors (Lipinski definition) is 1. The van der Waals surface area contributed by atoms with Crippen molar-refractivity contribution < 1.29 is 23.9 Å². The Morgan fingerprint density at radius 1 is 1.24 bits per heavy atom. The molecular formula is C23H25N5O5S. The second-order valence-electron chi connectivity index (χ2n) is 8.11. The molecule has 10 nitrogen and oxygen atoms in total. The molecule has 2 atom stereocenters. The van der Waals surface area contributed by atoms with Crippen molar-refractivity contribution in [3.63, 3.8) is 0 Å². The van der Waals surface area contributed by atoms with Gasteiger partial charge in [0.1, 0.15) is 11.3 Å². The van der Waals surface area contributed by atoms with Gasteiger partial charge in [-0.05, 0) is 79.3 Å². The zero-order valence-electron chi connectivity index (χ0n) is 19.1. The minimum absolute atomic E-state index is 0.244. The molecular weight excluding hydrogens is 458 g/mol. The second-order valence-corrected chi connectivity index (χ2v) is 9.22. The molecule has 1 aliphatic carbocycles. The summed E-state index contributed by atoms with van der Waals surface area (Å²) in [6.45, 7) is 5.64. The third-order valence-corrected chi connectivity index (χ3v) is 6.77. The Hall–Kier alpha value is -3.60.